The summed E-state index contributed by atoms with van der Waals surface area (Å²) in [6, 6.07) is 14.8. The minimum absolute atomic E-state index is 0.0711. The number of imide groups is 1. The highest BCUT2D eigenvalue weighted by Crippen LogP contribution is 2.29. The second kappa shape index (κ2) is 13.3. The number of rotatable bonds is 11. The Bertz CT molecular complexity index is 1660. The molecule has 12 nitrogen and oxygen atoms in total. The Hall–Kier alpha value is -5.30. The van der Waals surface area contributed by atoms with Gasteiger partial charge < -0.3 is 14.8 Å². The van der Waals surface area contributed by atoms with Gasteiger partial charge in [0.15, 0.2) is 5.78 Å². The lowest BCUT2D eigenvalue weighted by molar-refractivity contribution is -0.168. The van der Waals surface area contributed by atoms with E-state index < -0.39 is 53.5 Å². The summed E-state index contributed by atoms with van der Waals surface area (Å²) in [5.41, 5.74) is -3.65. The minimum atomic E-state index is -2.97. The average Bonchev–Trinajstić information content (AvgIpc) is 3.24. The van der Waals surface area contributed by atoms with E-state index in [1.54, 1.807) is 12.1 Å². The highest BCUT2D eigenvalue weighted by molar-refractivity contribution is 6.31. The first kappa shape index (κ1) is 31.6. The van der Waals surface area contributed by atoms with Gasteiger partial charge in [-0.3, -0.25) is 24.1 Å². The summed E-state index contributed by atoms with van der Waals surface area (Å²) in [5, 5.41) is 9.90. The molecule has 0 atom stereocenters. The molecule has 0 aliphatic carbocycles. The zero-order valence-corrected chi connectivity index (χ0v) is 24.1. The third-order valence-electron chi connectivity index (χ3n) is 6.27. The van der Waals surface area contributed by atoms with Crippen LogP contribution in [0.25, 0.3) is 0 Å². The molecule has 14 heteroatoms. The van der Waals surface area contributed by atoms with Gasteiger partial charge in [0.2, 0.25) is 5.91 Å². The molecular formula is C30H24ClFN4O8. The fourth-order valence-electron chi connectivity index (χ4n) is 4.23. The summed E-state index contributed by atoms with van der Waals surface area (Å²) < 4.78 is 24.5. The molecule has 0 radical (unpaired) electrons. The van der Waals surface area contributed by atoms with Gasteiger partial charge in [0.1, 0.15) is 12.4 Å². The number of benzene rings is 3. The smallest absolute Gasteiger partial charge is 0.369 e. The van der Waals surface area contributed by atoms with E-state index >= 15 is 0 Å². The minimum Gasteiger partial charge on any atom is -0.462 e. The van der Waals surface area contributed by atoms with Crippen molar-refractivity contribution in [2.45, 2.75) is 19.5 Å². The van der Waals surface area contributed by atoms with Crippen LogP contribution in [-0.2, 0) is 23.9 Å². The Morgan fingerprint density at radius 3 is 2.00 bits per heavy atom. The van der Waals surface area contributed by atoms with Crippen LogP contribution in [0.1, 0.15) is 50.5 Å². The van der Waals surface area contributed by atoms with Crippen LogP contribution in [0.15, 0.2) is 77.0 Å². The van der Waals surface area contributed by atoms with Crippen molar-refractivity contribution in [3.63, 3.8) is 0 Å². The van der Waals surface area contributed by atoms with E-state index in [4.69, 9.17) is 21.1 Å². The standard InChI is InChI=1S/C30H24ClFN4O8/c1-3-43-28(41)30(29(42)44-4-2,33-24(37)16-36-26(39)18-9-5-6-10-19(18)27(36)40)35-34-23-14-13-17(31)15-21(23)25(38)20-11-7-8-12-22(20)32/h5-15H,3-4,16H2,1-2H3,(H,33,37). The molecule has 0 saturated carbocycles. The Morgan fingerprint density at radius 2 is 1.43 bits per heavy atom. The predicted molar refractivity (Wildman–Crippen MR) is 152 cm³/mol. The number of hydrogen-bond acceptors (Lipinski definition) is 10. The van der Waals surface area contributed by atoms with Crippen LogP contribution in [0, 0.1) is 5.82 Å². The van der Waals surface area contributed by atoms with Gasteiger partial charge in [-0.05, 0) is 56.3 Å². The topological polar surface area (TPSA) is 161 Å². The fraction of sp³-hybridized carbons (Fsp3) is 0.200. The summed E-state index contributed by atoms with van der Waals surface area (Å²) in [6.45, 7) is 1.43. The fourth-order valence-corrected chi connectivity index (χ4v) is 4.40. The molecule has 1 aliphatic rings. The number of nitrogens with one attached hydrogen (secondary N) is 1. The maximum Gasteiger partial charge on any atom is 0.369 e. The number of hydrogen-bond donors (Lipinski definition) is 1. The molecule has 0 fully saturated rings. The Morgan fingerprint density at radius 1 is 0.864 bits per heavy atom. The molecule has 1 heterocycles. The van der Waals surface area contributed by atoms with Gasteiger partial charge in [-0.15, -0.1) is 5.11 Å². The largest absolute Gasteiger partial charge is 0.462 e. The lowest BCUT2D eigenvalue weighted by Crippen LogP contribution is -2.61. The van der Waals surface area contributed by atoms with Crippen molar-refractivity contribution in [3.8, 4) is 0 Å². The Kier molecular flexibility index (Phi) is 9.59. The predicted octanol–water partition coefficient (Wildman–Crippen LogP) is 4.03. The summed E-state index contributed by atoms with van der Waals surface area (Å²) in [7, 11) is 0. The number of esters is 2. The van der Waals surface area contributed by atoms with E-state index in [2.05, 4.69) is 15.5 Å². The number of fused-ring (bicyclic) bond motifs is 1. The van der Waals surface area contributed by atoms with E-state index in [-0.39, 0.29) is 46.2 Å². The van der Waals surface area contributed by atoms with E-state index in [0.29, 0.717) is 4.90 Å². The van der Waals surface area contributed by atoms with Gasteiger partial charge in [0, 0.05) is 5.02 Å². The normalized spacial score (nSPS) is 12.7. The Balaban J connectivity index is 1.74. The van der Waals surface area contributed by atoms with E-state index in [0.717, 1.165) is 6.07 Å². The molecule has 3 aromatic rings. The van der Waals surface area contributed by atoms with Crippen molar-refractivity contribution in [1.82, 2.24) is 10.2 Å². The number of carbonyl (C=O) groups excluding carboxylic acids is 6. The molecule has 0 aromatic heterocycles. The van der Waals surface area contributed by atoms with Gasteiger partial charge in [-0.25, -0.2) is 14.0 Å². The van der Waals surface area contributed by atoms with Crippen LogP contribution in [0.5, 0.6) is 0 Å². The summed E-state index contributed by atoms with van der Waals surface area (Å²) in [4.78, 5) is 79.2. The van der Waals surface area contributed by atoms with Crippen molar-refractivity contribution in [2.24, 2.45) is 10.2 Å². The van der Waals surface area contributed by atoms with Crippen LogP contribution >= 0.6 is 11.6 Å². The summed E-state index contributed by atoms with van der Waals surface area (Å²) in [6.07, 6.45) is 0. The van der Waals surface area contributed by atoms with Gasteiger partial charge in [0.05, 0.1) is 41.2 Å². The van der Waals surface area contributed by atoms with Gasteiger partial charge in [-0.1, -0.05) is 35.9 Å². The van der Waals surface area contributed by atoms with Gasteiger partial charge in [0.25, 0.3) is 11.8 Å². The van der Waals surface area contributed by atoms with E-state index in [9.17, 15) is 33.2 Å². The van der Waals surface area contributed by atoms with Crippen LogP contribution in [0.2, 0.25) is 5.02 Å². The zero-order valence-electron chi connectivity index (χ0n) is 23.3. The maximum atomic E-state index is 14.4. The molecule has 226 valence electrons. The van der Waals surface area contributed by atoms with Crippen LogP contribution < -0.4 is 5.32 Å². The Labute approximate surface area is 254 Å². The molecule has 0 spiro atoms. The van der Waals surface area contributed by atoms with Crippen molar-refractivity contribution >= 4 is 52.7 Å². The zero-order chi connectivity index (χ0) is 32.0. The van der Waals surface area contributed by atoms with Crippen LogP contribution in [0.4, 0.5) is 10.1 Å². The highest BCUT2D eigenvalue weighted by Gasteiger charge is 2.52. The first-order valence-corrected chi connectivity index (χ1v) is 13.5. The molecular weight excluding hydrogens is 599 g/mol. The third-order valence-corrected chi connectivity index (χ3v) is 6.51. The molecule has 4 rings (SSSR count). The van der Waals surface area contributed by atoms with Gasteiger partial charge >= 0.3 is 17.6 Å². The number of nitrogens with zero attached hydrogens (tertiary/aromatic N) is 3. The lowest BCUT2D eigenvalue weighted by Gasteiger charge is -2.26. The second-order valence-corrected chi connectivity index (χ2v) is 9.55. The van der Waals surface area contributed by atoms with Gasteiger partial charge in [-0.2, -0.15) is 5.11 Å². The number of carbonyl (C=O) groups is 6. The third kappa shape index (κ3) is 6.22. The molecule has 44 heavy (non-hydrogen) atoms. The first-order valence-electron chi connectivity index (χ1n) is 13.2. The number of ether oxygens (including phenoxy) is 2. The van der Waals surface area contributed by atoms with Crippen molar-refractivity contribution in [3.05, 3.63) is 99.8 Å². The number of ketones is 1. The summed E-state index contributed by atoms with van der Waals surface area (Å²) in [5.74, 6) is -7.18. The second-order valence-electron chi connectivity index (χ2n) is 9.11. The molecule has 0 unspecified atom stereocenters. The summed E-state index contributed by atoms with van der Waals surface area (Å²) >= 11 is 6.09. The number of amides is 3. The molecule has 1 N–H and O–H groups in total. The molecule has 0 bridgehead atoms. The molecule has 3 aromatic carbocycles. The van der Waals surface area contributed by atoms with Crippen molar-refractivity contribution < 1.29 is 42.6 Å². The number of halogens is 2. The average molecular weight is 623 g/mol. The molecule has 1 aliphatic heterocycles. The molecule has 0 saturated heterocycles. The first-order chi connectivity index (χ1) is 21.0. The monoisotopic (exact) mass is 622 g/mol. The van der Waals surface area contributed by atoms with Crippen molar-refractivity contribution in [1.29, 1.82) is 0 Å². The van der Waals surface area contributed by atoms with Crippen LogP contribution in [-0.4, -0.2) is 65.8 Å². The highest BCUT2D eigenvalue weighted by atomic mass is 35.5. The number of azo groups is 1. The quantitative estimate of drug-likeness (QED) is 0.110. The molecule has 3 amide bonds. The maximum absolute atomic E-state index is 14.4. The van der Waals surface area contributed by atoms with Crippen molar-refractivity contribution in [2.75, 3.05) is 19.8 Å². The SMILES string of the molecule is CCOC(=O)C(N=Nc1ccc(Cl)cc1C(=O)c1ccccc1F)(NC(=O)CN1C(=O)c2ccccc2C1=O)C(=O)OCC. The lowest BCUT2D eigenvalue weighted by atomic mass is 10.0. The van der Waals surface area contributed by atoms with E-state index in [1.165, 1.54) is 62.4 Å². The van der Waals surface area contributed by atoms with E-state index in [1.807, 2.05) is 0 Å². The van der Waals surface area contributed by atoms with Crippen LogP contribution in [0.3, 0.4) is 0 Å².